The molecule has 126 valence electrons. The van der Waals surface area contributed by atoms with Crippen LogP contribution in [0.3, 0.4) is 0 Å². The number of nitrogens with zero attached hydrogens (tertiary/aromatic N) is 1. The first-order valence-corrected chi connectivity index (χ1v) is 9.70. The number of sulfone groups is 1. The van der Waals surface area contributed by atoms with Crippen molar-refractivity contribution in [3.05, 3.63) is 59.7 Å². The number of fused-ring (bicyclic) bond motifs is 1. The van der Waals surface area contributed by atoms with E-state index in [0.717, 1.165) is 30.7 Å². The van der Waals surface area contributed by atoms with Gasteiger partial charge in [0.1, 0.15) is 5.75 Å². The van der Waals surface area contributed by atoms with Crippen LogP contribution in [0.4, 0.5) is 0 Å². The van der Waals surface area contributed by atoms with Gasteiger partial charge in [0, 0.05) is 19.6 Å². The highest BCUT2D eigenvalue weighted by molar-refractivity contribution is 7.93. The Morgan fingerprint density at radius 1 is 1.08 bits per heavy atom. The van der Waals surface area contributed by atoms with Crippen LogP contribution in [-0.4, -0.2) is 31.7 Å². The van der Waals surface area contributed by atoms with E-state index >= 15 is 0 Å². The second-order valence-electron chi connectivity index (χ2n) is 6.79. The molecule has 1 spiro atoms. The fourth-order valence-electron chi connectivity index (χ4n) is 3.59. The first kappa shape index (κ1) is 15.7. The molecule has 0 unspecified atom stereocenters. The molecular formula is C19H21NO3S. The maximum atomic E-state index is 13.0. The minimum Gasteiger partial charge on any atom is -0.497 e. The molecule has 1 heterocycles. The third-order valence-corrected chi connectivity index (χ3v) is 7.77. The highest BCUT2D eigenvalue weighted by atomic mass is 32.2. The number of methoxy groups -OCH3 is 1. The zero-order chi connectivity index (χ0) is 16.8. The Labute approximate surface area is 143 Å². The summed E-state index contributed by atoms with van der Waals surface area (Å²) in [7, 11) is -1.59. The van der Waals surface area contributed by atoms with Gasteiger partial charge in [0.15, 0.2) is 9.84 Å². The summed E-state index contributed by atoms with van der Waals surface area (Å²) >= 11 is 0. The summed E-state index contributed by atoms with van der Waals surface area (Å²) in [5.74, 6) is 0.834. The van der Waals surface area contributed by atoms with E-state index in [4.69, 9.17) is 4.74 Å². The van der Waals surface area contributed by atoms with E-state index in [2.05, 4.69) is 4.90 Å². The van der Waals surface area contributed by atoms with Gasteiger partial charge in [-0.1, -0.05) is 30.3 Å². The molecule has 2 aliphatic rings. The number of benzene rings is 2. The Morgan fingerprint density at radius 2 is 1.79 bits per heavy atom. The minimum atomic E-state index is -3.24. The van der Waals surface area contributed by atoms with Gasteiger partial charge in [-0.15, -0.1) is 0 Å². The maximum absolute atomic E-state index is 13.0. The van der Waals surface area contributed by atoms with E-state index in [-0.39, 0.29) is 0 Å². The third kappa shape index (κ3) is 2.52. The average molecular weight is 343 g/mol. The first-order valence-electron chi connectivity index (χ1n) is 8.22. The summed E-state index contributed by atoms with van der Waals surface area (Å²) < 4.78 is 30.7. The molecule has 0 bridgehead atoms. The van der Waals surface area contributed by atoms with E-state index in [1.54, 1.807) is 13.2 Å². The molecule has 1 saturated carbocycles. The lowest BCUT2D eigenvalue weighted by atomic mass is 10.1. The van der Waals surface area contributed by atoms with Gasteiger partial charge in [-0.05, 0) is 42.2 Å². The molecule has 4 rings (SSSR count). The van der Waals surface area contributed by atoms with E-state index in [9.17, 15) is 8.42 Å². The second kappa shape index (κ2) is 5.60. The van der Waals surface area contributed by atoms with Gasteiger partial charge in [0.25, 0.3) is 0 Å². The normalized spacial score (nSPS) is 21.0. The molecule has 1 fully saturated rings. The van der Waals surface area contributed by atoms with E-state index < -0.39 is 14.6 Å². The highest BCUT2D eigenvalue weighted by Crippen LogP contribution is 2.49. The summed E-state index contributed by atoms with van der Waals surface area (Å²) in [6.07, 6.45) is 1.53. The third-order valence-electron chi connectivity index (χ3n) is 5.11. The second-order valence-corrected chi connectivity index (χ2v) is 9.10. The predicted octanol–water partition coefficient (Wildman–Crippen LogP) is 3.02. The van der Waals surface area contributed by atoms with Gasteiger partial charge >= 0.3 is 0 Å². The largest absolute Gasteiger partial charge is 0.497 e. The molecule has 5 heteroatoms. The number of rotatable bonds is 3. The van der Waals surface area contributed by atoms with Crippen LogP contribution < -0.4 is 4.74 Å². The van der Waals surface area contributed by atoms with Gasteiger partial charge < -0.3 is 4.74 Å². The highest BCUT2D eigenvalue weighted by Gasteiger charge is 2.57. The van der Waals surface area contributed by atoms with Crippen LogP contribution in [0.5, 0.6) is 5.75 Å². The van der Waals surface area contributed by atoms with Crippen LogP contribution >= 0.6 is 0 Å². The molecule has 0 aromatic heterocycles. The molecule has 2 aromatic carbocycles. The lowest BCUT2D eigenvalue weighted by Crippen LogP contribution is -2.35. The fraction of sp³-hybridized carbons (Fsp3) is 0.368. The van der Waals surface area contributed by atoms with Crippen LogP contribution in [0.15, 0.2) is 53.4 Å². The molecule has 24 heavy (non-hydrogen) atoms. The molecular weight excluding hydrogens is 322 g/mol. The Bertz CT molecular complexity index is 854. The predicted molar refractivity (Wildman–Crippen MR) is 92.7 cm³/mol. The SMILES string of the molecule is COc1ccc(CN2Cc3ccccc3S(=O)(=O)C3(CC3)C2)cc1. The number of hydrogen-bond acceptors (Lipinski definition) is 4. The molecule has 0 N–H and O–H groups in total. The lowest BCUT2D eigenvalue weighted by Gasteiger charge is -2.23. The molecule has 1 aliphatic heterocycles. The van der Waals surface area contributed by atoms with Crippen molar-refractivity contribution < 1.29 is 13.2 Å². The molecule has 2 aromatic rings. The molecule has 0 radical (unpaired) electrons. The summed E-state index contributed by atoms with van der Waals surface area (Å²) in [6, 6.07) is 15.4. The summed E-state index contributed by atoms with van der Waals surface area (Å²) in [5, 5.41) is 0. The van der Waals surface area contributed by atoms with Crippen LogP contribution in [0.2, 0.25) is 0 Å². The minimum absolute atomic E-state index is 0.528. The van der Waals surface area contributed by atoms with E-state index in [0.29, 0.717) is 18.0 Å². The van der Waals surface area contributed by atoms with Gasteiger partial charge in [-0.3, -0.25) is 4.90 Å². The lowest BCUT2D eigenvalue weighted by molar-refractivity contribution is 0.253. The standard InChI is InChI=1S/C19H21NO3S/c1-23-17-8-6-15(7-9-17)12-20-13-16-4-2-3-5-18(16)24(21,22)19(14-20)10-11-19/h2-9H,10-14H2,1H3. The maximum Gasteiger partial charge on any atom is 0.185 e. The van der Waals surface area contributed by atoms with Crippen LogP contribution in [0, 0.1) is 0 Å². The van der Waals surface area contributed by atoms with Crippen molar-refractivity contribution in [1.82, 2.24) is 4.90 Å². The van der Waals surface area contributed by atoms with Crippen LogP contribution in [0.25, 0.3) is 0 Å². The molecule has 4 nitrogen and oxygen atoms in total. The van der Waals surface area contributed by atoms with E-state index in [1.165, 1.54) is 5.56 Å². The van der Waals surface area contributed by atoms with Crippen molar-refractivity contribution in [2.75, 3.05) is 13.7 Å². The van der Waals surface area contributed by atoms with Gasteiger partial charge in [0.2, 0.25) is 0 Å². The molecule has 0 atom stereocenters. The van der Waals surface area contributed by atoms with Crippen LogP contribution in [0.1, 0.15) is 24.0 Å². The first-order chi connectivity index (χ1) is 11.5. The zero-order valence-corrected chi connectivity index (χ0v) is 14.6. The van der Waals surface area contributed by atoms with Crippen LogP contribution in [-0.2, 0) is 22.9 Å². The quantitative estimate of drug-likeness (QED) is 0.859. The summed E-state index contributed by atoms with van der Waals surface area (Å²) in [5.41, 5.74) is 2.08. The number of ether oxygens (including phenoxy) is 1. The summed E-state index contributed by atoms with van der Waals surface area (Å²) in [6.45, 7) is 2.02. The van der Waals surface area contributed by atoms with E-state index in [1.807, 2.05) is 42.5 Å². The monoisotopic (exact) mass is 343 g/mol. The van der Waals surface area contributed by atoms with Gasteiger partial charge in [-0.25, -0.2) is 8.42 Å². The Hall–Kier alpha value is -1.85. The van der Waals surface area contributed by atoms with Crippen molar-refractivity contribution in [2.45, 2.75) is 35.6 Å². The fourth-order valence-corrected chi connectivity index (χ4v) is 5.78. The summed E-state index contributed by atoms with van der Waals surface area (Å²) in [4.78, 5) is 2.79. The average Bonchev–Trinajstić information content (AvgIpc) is 3.37. The topological polar surface area (TPSA) is 46.6 Å². The van der Waals surface area contributed by atoms with Crippen molar-refractivity contribution in [3.8, 4) is 5.75 Å². The Kier molecular flexibility index (Phi) is 3.66. The molecule has 0 amide bonds. The molecule has 1 aliphatic carbocycles. The van der Waals surface area contributed by atoms with Crippen molar-refractivity contribution in [1.29, 1.82) is 0 Å². The Morgan fingerprint density at radius 3 is 2.46 bits per heavy atom. The number of hydrogen-bond donors (Lipinski definition) is 0. The molecule has 0 saturated heterocycles. The van der Waals surface area contributed by atoms with Gasteiger partial charge in [-0.2, -0.15) is 0 Å². The van der Waals surface area contributed by atoms with Crippen molar-refractivity contribution in [2.24, 2.45) is 0 Å². The Balaban J connectivity index is 1.66. The van der Waals surface area contributed by atoms with Crippen molar-refractivity contribution >= 4 is 9.84 Å². The van der Waals surface area contributed by atoms with Crippen molar-refractivity contribution in [3.63, 3.8) is 0 Å². The van der Waals surface area contributed by atoms with Gasteiger partial charge in [0.05, 0.1) is 16.8 Å². The smallest absolute Gasteiger partial charge is 0.185 e. The zero-order valence-electron chi connectivity index (χ0n) is 13.7.